The maximum absolute atomic E-state index is 11.2. The molecule has 4 atom stereocenters. The topological polar surface area (TPSA) is 114 Å². The molecule has 1 saturated heterocycles. The van der Waals surface area contributed by atoms with Crippen molar-refractivity contribution in [1.29, 1.82) is 0 Å². The molecular weight excluding hydrogens is 300 g/mol. The summed E-state index contributed by atoms with van der Waals surface area (Å²) < 4.78 is 25.2. The fourth-order valence-corrected chi connectivity index (χ4v) is 1.93. The second-order valence-corrected chi connectivity index (χ2v) is 4.60. The number of esters is 4. The van der Waals surface area contributed by atoms with Crippen molar-refractivity contribution in [2.45, 2.75) is 52.3 Å². The van der Waals surface area contributed by atoms with Crippen molar-refractivity contribution in [2.75, 3.05) is 6.61 Å². The summed E-state index contributed by atoms with van der Waals surface area (Å²) in [4.78, 5) is 44.4. The van der Waals surface area contributed by atoms with Gasteiger partial charge in [-0.05, 0) is 0 Å². The molecule has 0 N–H and O–H groups in total. The van der Waals surface area contributed by atoms with Crippen LogP contribution in [-0.4, -0.2) is 55.1 Å². The molecule has 0 aromatic rings. The number of hydrogen-bond acceptors (Lipinski definition) is 9. The van der Waals surface area contributed by atoms with Crippen LogP contribution >= 0.6 is 0 Å². The van der Waals surface area contributed by atoms with E-state index in [1.165, 1.54) is 6.92 Å². The van der Waals surface area contributed by atoms with Crippen molar-refractivity contribution in [3.8, 4) is 0 Å². The van der Waals surface area contributed by atoms with Gasteiger partial charge in [0.1, 0.15) is 12.7 Å². The zero-order valence-corrected chi connectivity index (χ0v) is 12.7. The van der Waals surface area contributed by atoms with E-state index in [0.29, 0.717) is 0 Å². The van der Waals surface area contributed by atoms with Gasteiger partial charge in [0, 0.05) is 27.7 Å². The van der Waals surface area contributed by atoms with Crippen molar-refractivity contribution in [1.82, 2.24) is 0 Å². The molecular formula is C13H18O9. The van der Waals surface area contributed by atoms with Gasteiger partial charge in [-0.3, -0.25) is 19.2 Å². The van der Waals surface area contributed by atoms with Crippen LogP contribution in [0.15, 0.2) is 0 Å². The number of rotatable bonds is 5. The fourth-order valence-electron chi connectivity index (χ4n) is 1.93. The lowest BCUT2D eigenvalue weighted by Crippen LogP contribution is -2.42. The monoisotopic (exact) mass is 318 g/mol. The van der Waals surface area contributed by atoms with E-state index in [9.17, 15) is 19.2 Å². The van der Waals surface area contributed by atoms with Crippen molar-refractivity contribution < 1.29 is 42.9 Å². The summed E-state index contributed by atoms with van der Waals surface area (Å²) in [6.45, 7) is 4.40. The van der Waals surface area contributed by atoms with Crippen LogP contribution < -0.4 is 0 Å². The first-order valence-corrected chi connectivity index (χ1v) is 6.51. The van der Waals surface area contributed by atoms with E-state index in [2.05, 4.69) is 0 Å². The van der Waals surface area contributed by atoms with Crippen LogP contribution in [0.2, 0.25) is 0 Å². The minimum atomic E-state index is -1.26. The lowest BCUT2D eigenvalue weighted by molar-refractivity contribution is -0.197. The third-order valence-corrected chi connectivity index (χ3v) is 2.60. The van der Waals surface area contributed by atoms with E-state index in [1.54, 1.807) is 0 Å². The van der Waals surface area contributed by atoms with Gasteiger partial charge in [0.25, 0.3) is 0 Å². The van der Waals surface area contributed by atoms with Gasteiger partial charge in [-0.15, -0.1) is 0 Å². The molecule has 0 amide bonds. The van der Waals surface area contributed by atoms with Crippen LogP contribution in [0.3, 0.4) is 0 Å². The zero-order valence-electron chi connectivity index (χ0n) is 12.7. The Morgan fingerprint density at radius 3 is 1.73 bits per heavy atom. The molecule has 0 radical (unpaired) electrons. The Kier molecular flexibility index (Phi) is 6.29. The first-order valence-electron chi connectivity index (χ1n) is 6.51. The highest BCUT2D eigenvalue weighted by atomic mass is 16.8. The van der Waals surface area contributed by atoms with Crippen LogP contribution in [0.25, 0.3) is 0 Å². The Hall–Kier alpha value is -2.16. The van der Waals surface area contributed by atoms with Crippen LogP contribution in [-0.2, 0) is 42.9 Å². The molecule has 0 aromatic heterocycles. The van der Waals surface area contributed by atoms with Gasteiger partial charge in [0.05, 0.1) is 0 Å². The van der Waals surface area contributed by atoms with Crippen LogP contribution in [0.5, 0.6) is 0 Å². The maximum Gasteiger partial charge on any atom is 0.305 e. The Balaban J connectivity index is 2.94. The van der Waals surface area contributed by atoms with E-state index in [4.69, 9.17) is 23.7 Å². The van der Waals surface area contributed by atoms with Crippen molar-refractivity contribution in [3.05, 3.63) is 0 Å². The molecule has 0 aromatic carbocycles. The second-order valence-electron chi connectivity index (χ2n) is 4.60. The van der Waals surface area contributed by atoms with Crippen molar-refractivity contribution >= 4 is 23.9 Å². The third kappa shape index (κ3) is 5.32. The highest BCUT2D eigenvalue weighted by Gasteiger charge is 2.51. The zero-order chi connectivity index (χ0) is 16.9. The molecule has 1 aliphatic heterocycles. The fraction of sp³-hybridized carbons (Fsp3) is 0.692. The van der Waals surface area contributed by atoms with Crippen molar-refractivity contribution in [2.24, 2.45) is 0 Å². The van der Waals surface area contributed by atoms with E-state index in [1.807, 2.05) is 0 Å². The molecule has 9 heteroatoms. The molecule has 22 heavy (non-hydrogen) atoms. The molecule has 1 aliphatic rings. The molecule has 1 heterocycles. The standard InChI is InChI=1S/C13H18O9/c1-6(14)18-5-10-11(19-7(2)15)12(20-8(3)16)13(22-10)21-9(4)17/h10-13H,5H2,1-4H3/t10-,11+,12?,13?/m1/s1. The minimum absolute atomic E-state index is 0.247. The Bertz CT molecular complexity index is 458. The van der Waals surface area contributed by atoms with E-state index in [0.717, 1.165) is 20.8 Å². The molecule has 124 valence electrons. The molecule has 1 fully saturated rings. The molecule has 2 unspecified atom stereocenters. The normalized spacial score (nSPS) is 26.9. The minimum Gasteiger partial charge on any atom is -0.463 e. The smallest absolute Gasteiger partial charge is 0.305 e. The Morgan fingerprint density at radius 2 is 1.27 bits per heavy atom. The molecule has 0 saturated carbocycles. The number of ether oxygens (including phenoxy) is 5. The van der Waals surface area contributed by atoms with E-state index < -0.39 is 48.5 Å². The average molecular weight is 318 g/mol. The average Bonchev–Trinajstić information content (AvgIpc) is 2.63. The number of hydrogen-bond donors (Lipinski definition) is 0. The van der Waals surface area contributed by atoms with Gasteiger partial charge in [0.15, 0.2) is 6.10 Å². The number of carbonyl (C=O) groups excluding carboxylic acids is 4. The van der Waals surface area contributed by atoms with Crippen LogP contribution in [0, 0.1) is 0 Å². The Morgan fingerprint density at radius 1 is 0.773 bits per heavy atom. The predicted molar refractivity (Wildman–Crippen MR) is 68.2 cm³/mol. The molecule has 0 spiro atoms. The summed E-state index contributed by atoms with van der Waals surface area (Å²) in [5.74, 6) is -2.56. The summed E-state index contributed by atoms with van der Waals surface area (Å²) in [6, 6.07) is 0. The van der Waals surface area contributed by atoms with Gasteiger partial charge in [-0.2, -0.15) is 0 Å². The summed E-state index contributed by atoms with van der Waals surface area (Å²) in [5.41, 5.74) is 0. The Labute approximate surface area is 126 Å². The van der Waals surface area contributed by atoms with E-state index in [-0.39, 0.29) is 6.61 Å². The highest BCUT2D eigenvalue weighted by Crippen LogP contribution is 2.28. The van der Waals surface area contributed by atoms with Gasteiger partial charge < -0.3 is 23.7 Å². The lowest BCUT2D eigenvalue weighted by Gasteiger charge is -2.22. The summed E-state index contributed by atoms with van der Waals surface area (Å²) >= 11 is 0. The second kappa shape index (κ2) is 7.74. The summed E-state index contributed by atoms with van der Waals surface area (Å²) in [7, 11) is 0. The highest BCUT2D eigenvalue weighted by molar-refractivity contribution is 5.68. The first kappa shape index (κ1) is 17.9. The summed E-state index contributed by atoms with van der Waals surface area (Å²) in [5, 5.41) is 0. The quantitative estimate of drug-likeness (QED) is 0.497. The molecule has 9 nitrogen and oxygen atoms in total. The van der Waals surface area contributed by atoms with Crippen LogP contribution in [0.4, 0.5) is 0 Å². The third-order valence-electron chi connectivity index (χ3n) is 2.60. The molecule has 0 bridgehead atoms. The SMILES string of the molecule is CC(=O)OC[C@H]1OC(OC(C)=O)C(OC(C)=O)[C@H]1OC(C)=O. The largest absolute Gasteiger partial charge is 0.463 e. The van der Waals surface area contributed by atoms with E-state index >= 15 is 0 Å². The van der Waals surface area contributed by atoms with Gasteiger partial charge in [-0.25, -0.2) is 0 Å². The molecule has 0 aliphatic carbocycles. The van der Waals surface area contributed by atoms with Gasteiger partial charge in [-0.1, -0.05) is 0 Å². The van der Waals surface area contributed by atoms with Crippen LogP contribution in [0.1, 0.15) is 27.7 Å². The van der Waals surface area contributed by atoms with Gasteiger partial charge >= 0.3 is 23.9 Å². The first-order chi connectivity index (χ1) is 10.2. The predicted octanol–water partition coefficient (Wildman–Crippen LogP) is -0.299. The number of carbonyl (C=O) groups is 4. The van der Waals surface area contributed by atoms with Crippen molar-refractivity contribution in [3.63, 3.8) is 0 Å². The van der Waals surface area contributed by atoms with Gasteiger partial charge in [0.2, 0.25) is 12.4 Å². The lowest BCUT2D eigenvalue weighted by atomic mass is 10.1. The molecule has 1 rings (SSSR count). The maximum atomic E-state index is 11.2. The summed E-state index contributed by atoms with van der Waals surface area (Å²) in [6.07, 6.45) is -4.40.